The van der Waals surface area contributed by atoms with E-state index in [9.17, 15) is 4.79 Å². The van der Waals surface area contributed by atoms with E-state index in [2.05, 4.69) is 32.0 Å². The summed E-state index contributed by atoms with van der Waals surface area (Å²) in [6.45, 7) is 1.68. The molecule has 1 saturated heterocycles. The van der Waals surface area contributed by atoms with Gasteiger partial charge in [0.15, 0.2) is 5.69 Å². The van der Waals surface area contributed by atoms with Crippen LogP contribution in [0.1, 0.15) is 35.1 Å². The molecule has 3 rings (SSSR count). The summed E-state index contributed by atoms with van der Waals surface area (Å²) in [6, 6.07) is 1.83. The number of aromatic nitrogens is 3. The van der Waals surface area contributed by atoms with Crippen molar-refractivity contribution in [3.05, 3.63) is 36.2 Å². The zero-order valence-corrected chi connectivity index (χ0v) is 12.9. The van der Waals surface area contributed by atoms with Crippen LogP contribution in [-0.2, 0) is 7.05 Å². The highest BCUT2D eigenvalue weighted by Gasteiger charge is 2.32. The van der Waals surface area contributed by atoms with Gasteiger partial charge in [0.2, 0.25) is 0 Å². The van der Waals surface area contributed by atoms with E-state index in [1.165, 1.54) is 12.0 Å². The Morgan fingerprint density at radius 3 is 3.05 bits per heavy atom. The first kappa shape index (κ1) is 14.8. The Labute approximate surface area is 129 Å². The third-order valence-corrected chi connectivity index (χ3v) is 4.36. The Balaban J connectivity index is 1.70. The molecule has 1 aliphatic heterocycles. The number of carbonyl (C=O) groups is 1. The van der Waals surface area contributed by atoms with Crippen molar-refractivity contribution >= 4 is 5.91 Å². The van der Waals surface area contributed by atoms with Crippen molar-refractivity contribution < 1.29 is 9.32 Å². The Kier molecular flexibility index (Phi) is 4.24. The number of nitrogens with one attached hydrogen (secondary N) is 1. The van der Waals surface area contributed by atoms with Crippen LogP contribution in [0.4, 0.5) is 0 Å². The van der Waals surface area contributed by atoms with Crippen LogP contribution in [0, 0.1) is 5.92 Å². The van der Waals surface area contributed by atoms with Crippen molar-refractivity contribution in [2.24, 2.45) is 13.0 Å². The molecule has 7 heteroatoms. The maximum Gasteiger partial charge on any atom is 0.273 e. The van der Waals surface area contributed by atoms with Crippen molar-refractivity contribution in [3.63, 3.8) is 0 Å². The summed E-state index contributed by atoms with van der Waals surface area (Å²) >= 11 is 0. The van der Waals surface area contributed by atoms with E-state index in [0.29, 0.717) is 18.2 Å². The molecule has 2 aromatic heterocycles. The van der Waals surface area contributed by atoms with Gasteiger partial charge in [-0.05, 0) is 32.4 Å². The number of aryl methyl sites for hydroxylation is 1. The molecule has 0 spiro atoms. The smallest absolute Gasteiger partial charge is 0.273 e. The molecule has 1 fully saturated rings. The van der Waals surface area contributed by atoms with Gasteiger partial charge in [-0.1, -0.05) is 5.16 Å². The number of nitrogens with zero attached hydrogens (tertiary/aromatic N) is 4. The fourth-order valence-corrected chi connectivity index (χ4v) is 3.24. The highest BCUT2D eigenvalue weighted by atomic mass is 16.5. The van der Waals surface area contributed by atoms with Crippen LogP contribution in [0.2, 0.25) is 0 Å². The first-order valence-corrected chi connectivity index (χ1v) is 7.52. The number of likely N-dealkylation sites (tertiary alicyclic amines) is 1. The second kappa shape index (κ2) is 6.31. The molecule has 1 N–H and O–H groups in total. The molecule has 2 atom stereocenters. The van der Waals surface area contributed by atoms with E-state index in [0.717, 1.165) is 19.4 Å². The van der Waals surface area contributed by atoms with Gasteiger partial charge in [0, 0.05) is 25.9 Å². The zero-order valence-electron chi connectivity index (χ0n) is 12.9. The topological polar surface area (TPSA) is 76.2 Å². The van der Waals surface area contributed by atoms with E-state index in [4.69, 9.17) is 4.52 Å². The van der Waals surface area contributed by atoms with E-state index in [-0.39, 0.29) is 11.9 Å². The molecule has 0 saturated carbocycles. The average molecular weight is 303 g/mol. The molecule has 0 bridgehead atoms. The summed E-state index contributed by atoms with van der Waals surface area (Å²) in [5.41, 5.74) is 1.50. The monoisotopic (exact) mass is 303 g/mol. The largest absolute Gasteiger partial charge is 0.364 e. The van der Waals surface area contributed by atoms with Gasteiger partial charge >= 0.3 is 0 Å². The molecule has 0 aliphatic carbocycles. The highest BCUT2D eigenvalue weighted by molar-refractivity contribution is 5.91. The molecule has 0 radical (unpaired) electrons. The van der Waals surface area contributed by atoms with Gasteiger partial charge in [-0.3, -0.25) is 9.69 Å². The van der Waals surface area contributed by atoms with Crippen LogP contribution in [0.3, 0.4) is 0 Å². The van der Waals surface area contributed by atoms with Crippen molar-refractivity contribution in [3.8, 4) is 0 Å². The lowest BCUT2D eigenvalue weighted by Crippen LogP contribution is -2.42. The third-order valence-electron chi connectivity index (χ3n) is 4.36. The summed E-state index contributed by atoms with van der Waals surface area (Å²) in [7, 11) is 4.14. The average Bonchev–Trinajstić information content (AvgIpc) is 3.16. The number of imidazole rings is 1. The molecule has 22 heavy (non-hydrogen) atoms. The fourth-order valence-electron chi connectivity index (χ4n) is 3.24. The van der Waals surface area contributed by atoms with Crippen LogP contribution in [0.15, 0.2) is 29.4 Å². The van der Waals surface area contributed by atoms with E-state index >= 15 is 0 Å². The first-order valence-electron chi connectivity index (χ1n) is 7.52. The lowest BCUT2D eigenvalue weighted by atomic mass is 9.87. The standard InChI is InChI=1S/C15H21N5O2/c1-19-6-3-4-11(14(19)13-9-16-10-20(13)2)8-17-15(21)12-5-7-22-18-12/h5,7,9-11,14H,3-4,6,8H2,1-2H3,(H,17,21)/t11-,14+/m0/s1. The summed E-state index contributed by atoms with van der Waals surface area (Å²) < 4.78 is 6.76. The fraction of sp³-hybridized carbons (Fsp3) is 0.533. The van der Waals surface area contributed by atoms with Crippen LogP contribution >= 0.6 is 0 Å². The molecular formula is C15H21N5O2. The molecule has 1 amide bonds. The van der Waals surface area contributed by atoms with Gasteiger partial charge in [0.1, 0.15) is 6.26 Å². The lowest BCUT2D eigenvalue weighted by molar-refractivity contribution is 0.0874. The van der Waals surface area contributed by atoms with Gasteiger partial charge in [-0.2, -0.15) is 0 Å². The second-order valence-corrected chi connectivity index (χ2v) is 5.85. The van der Waals surface area contributed by atoms with Crippen molar-refractivity contribution in [1.82, 2.24) is 24.9 Å². The van der Waals surface area contributed by atoms with Gasteiger partial charge in [0.25, 0.3) is 5.91 Å². The molecule has 0 unspecified atom stereocenters. The molecular weight excluding hydrogens is 282 g/mol. The quantitative estimate of drug-likeness (QED) is 0.919. The molecule has 118 valence electrons. The minimum atomic E-state index is -0.189. The van der Waals surface area contributed by atoms with Crippen LogP contribution in [0.25, 0.3) is 0 Å². The number of amides is 1. The lowest BCUT2D eigenvalue weighted by Gasteiger charge is -2.39. The number of rotatable bonds is 4. The van der Waals surface area contributed by atoms with Gasteiger partial charge < -0.3 is 14.4 Å². The molecule has 3 heterocycles. The number of hydrogen-bond donors (Lipinski definition) is 1. The Bertz CT molecular complexity index is 622. The molecule has 1 aliphatic rings. The van der Waals surface area contributed by atoms with Crippen molar-refractivity contribution in [2.75, 3.05) is 20.1 Å². The van der Waals surface area contributed by atoms with Crippen molar-refractivity contribution in [2.45, 2.75) is 18.9 Å². The maximum atomic E-state index is 12.0. The number of hydrogen-bond acceptors (Lipinski definition) is 5. The molecule has 0 aromatic carbocycles. The normalized spacial score (nSPS) is 22.6. The second-order valence-electron chi connectivity index (χ2n) is 5.85. The third kappa shape index (κ3) is 2.89. The Morgan fingerprint density at radius 2 is 2.36 bits per heavy atom. The van der Waals surface area contributed by atoms with E-state index in [1.807, 2.05) is 19.6 Å². The van der Waals surface area contributed by atoms with Crippen LogP contribution in [-0.4, -0.2) is 45.7 Å². The van der Waals surface area contributed by atoms with E-state index < -0.39 is 0 Å². The number of piperidine rings is 1. The summed E-state index contributed by atoms with van der Waals surface area (Å²) in [4.78, 5) is 18.6. The van der Waals surface area contributed by atoms with Crippen molar-refractivity contribution in [1.29, 1.82) is 0 Å². The minimum absolute atomic E-state index is 0.189. The SMILES string of the molecule is CN1CCC[C@@H](CNC(=O)c2ccon2)[C@@H]1c1cncn1C. The van der Waals surface area contributed by atoms with Crippen LogP contribution < -0.4 is 5.32 Å². The highest BCUT2D eigenvalue weighted by Crippen LogP contribution is 2.34. The van der Waals surface area contributed by atoms with E-state index in [1.54, 1.807) is 6.07 Å². The zero-order chi connectivity index (χ0) is 15.5. The summed E-state index contributed by atoms with van der Waals surface area (Å²) in [5, 5.41) is 6.64. The van der Waals surface area contributed by atoms with Gasteiger partial charge in [-0.15, -0.1) is 0 Å². The van der Waals surface area contributed by atoms with Gasteiger partial charge in [0.05, 0.1) is 18.1 Å². The minimum Gasteiger partial charge on any atom is -0.364 e. The predicted octanol–water partition coefficient (Wildman–Crippen LogP) is 1.22. The number of carbonyl (C=O) groups excluding carboxylic acids is 1. The molecule has 7 nitrogen and oxygen atoms in total. The summed E-state index contributed by atoms with van der Waals surface area (Å²) in [5.74, 6) is 0.163. The summed E-state index contributed by atoms with van der Waals surface area (Å²) in [6.07, 6.45) is 7.36. The maximum absolute atomic E-state index is 12.0. The van der Waals surface area contributed by atoms with Crippen LogP contribution in [0.5, 0.6) is 0 Å². The van der Waals surface area contributed by atoms with Gasteiger partial charge in [-0.25, -0.2) is 4.98 Å². The molecule has 2 aromatic rings. The Hall–Kier alpha value is -2.15. The Morgan fingerprint density at radius 1 is 1.50 bits per heavy atom. The predicted molar refractivity (Wildman–Crippen MR) is 80.1 cm³/mol. The first-order chi connectivity index (χ1) is 10.7.